The number of amides is 3. The maximum absolute atomic E-state index is 12.8. The van der Waals surface area contributed by atoms with Crippen LogP contribution in [0.3, 0.4) is 0 Å². The van der Waals surface area contributed by atoms with E-state index in [0.29, 0.717) is 10.7 Å². The molecule has 0 atom stereocenters. The number of imide groups is 1. The van der Waals surface area contributed by atoms with Gasteiger partial charge in [0.1, 0.15) is 18.9 Å². The Balaban J connectivity index is 1.50. The zero-order valence-corrected chi connectivity index (χ0v) is 17.7. The van der Waals surface area contributed by atoms with Crippen molar-refractivity contribution in [3.8, 4) is 5.75 Å². The Kier molecular flexibility index (Phi) is 5.81. The van der Waals surface area contributed by atoms with E-state index in [-0.39, 0.29) is 30.8 Å². The molecule has 7 nitrogen and oxygen atoms in total. The number of rotatable bonds is 7. The molecule has 31 heavy (non-hydrogen) atoms. The van der Waals surface area contributed by atoms with Crippen LogP contribution in [0.1, 0.15) is 11.1 Å². The average molecular weight is 436 g/mol. The van der Waals surface area contributed by atoms with Gasteiger partial charge < -0.3 is 15.0 Å². The summed E-state index contributed by atoms with van der Waals surface area (Å²) in [6.07, 6.45) is 3.45. The minimum Gasteiger partial charge on any atom is -0.492 e. The Hall–Kier alpha value is -3.52. The number of hydrogen-bond acceptors (Lipinski definition) is 5. The molecule has 4 rings (SSSR count). The number of aromatic nitrogens is 1. The monoisotopic (exact) mass is 435 g/mol. The average Bonchev–Trinajstić information content (AvgIpc) is 3.21. The molecule has 0 saturated carbocycles. The summed E-state index contributed by atoms with van der Waals surface area (Å²) in [5, 5.41) is 0.544. The van der Waals surface area contributed by atoms with E-state index in [9.17, 15) is 14.4 Å². The first-order chi connectivity index (χ1) is 14.9. The minimum absolute atomic E-state index is 0.0339. The molecular weight excluding hydrogens is 414 g/mol. The number of para-hydroxylation sites is 1. The molecule has 3 amide bonds. The quantitative estimate of drug-likeness (QED) is 0.573. The van der Waals surface area contributed by atoms with Crippen LogP contribution in [0.4, 0.5) is 4.79 Å². The van der Waals surface area contributed by atoms with E-state index in [4.69, 9.17) is 10.5 Å². The first kappa shape index (κ1) is 20.7. The van der Waals surface area contributed by atoms with E-state index in [2.05, 4.69) is 0 Å². The fourth-order valence-electron chi connectivity index (χ4n) is 3.41. The normalized spacial score (nSPS) is 15.3. The van der Waals surface area contributed by atoms with Crippen molar-refractivity contribution in [2.45, 2.75) is 13.5 Å². The van der Waals surface area contributed by atoms with Gasteiger partial charge in [0.25, 0.3) is 11.1 Å². The number of aryl methyl sites for hydroxylation is 1. The second-order valence-corrected chi connectivity index (χ2v) is 8.18. The maximum atomic E-state index is 12.8. The molecule has 1 aliphatic heterocycles. The molecule has 3 aromatic rings. The first-order valence-corrected chi connectivity index (χ1v) is 10.5. The van der Waals surface area contributed by atoms with Crippen molar-refractivity contribution in [3.05, 3.63) is 70.8 Å². The summed E-state index contributed by atoms with van der Waals surface area (Å²) in [4.78, 5) is 38.1. The predicted octanol–water partition coefficient (Wildman–Crippen LogP) is 3.55. The van der Waals surface area contributed by atoms with Crippen molar-refractivity contribution in [1.82, 2.24) is 9.47 Å². The maximum Gasteiger partial charge on any atom is 0.293 e. The fraction of sp³-hybridized carbons (Fsp3) is 0.174. The van der Waals surface area contributed by atoms with Gasteiger partial charge in [-0.1, -0.05) is 35.9 Å². The van der Waals surface area contributed by atoms with Gasteiger partial charge in [-0.15, -0.1) is 0 Å². The molecule has 2 heterocycles. The Morgan fingerprint density at radius 2 is 1.87 bits per heavy atom. The lowest BCUT2D eigenvalue weighted by molar-refractivity contribution is -0.123. The van der Waals surface area contributed by atoms with Crippen LogP contribution >= 0.6 is 11.8 Å². The molecule has 1 fully saturated rings. The number of nitrogens with two attached hydrogens (primary N) is 1. The van der Waals surface area contributed by atoms with Crippen LogP contribution in [0.15, 0.2) is 59.6 Å². The number of carbonyl (C=O) groups is 3. The molecule has 0 radical (unpaired) electrons. The third kappa shape index (κ3) is 4.49. The lowest BCUT2D eigenvalue weighted by Gasteiger charge is -2.13. The number of thioether (sulfide) groups is 1. The zero-order valence-electron chi connectivity index (χ0n) is 16.9. The van der Waals surface area contributed by atoms with Crippen LogP contribution in [0.25, 0.3) is 17.0 Å². The summed E-state index contributed by atoms with van der Waals surface area (Å²) < 4.78 is 7.39. The Bertz CT molecular complexity index is 1200. The van der Waals surface area contributed by atoms with E-state index in [1.165, 1.54) is 4.90 Å². The summed E-state index contributed by atoms with van der Waals surface area (Å²) in [6.45, 7) is 2.40. The fourth-order valence-corrected chi connectivity index (χ4v) is 4.27. The smallest absolute Gasteiger partial charge is 0.293 e. The Morgan fingerprint density at radius 3 is 2.61 bits per heavy atom. The van der Waals surface area contributed by atoms with Crippen molar-refractivity contribution in [2.24, 2.45) is 5.73 Å². The molecule has 1 aliphatic rings. The molecule has 1 aromatic heterocycles. The highest BCUT2D eigenvalue weighted by atomic mass is 32.2. The second-order valence-electron chi connectivity index (χ2n) is 7.19. The van der Waals surface area contributed by atoms with Gasteiger partial charge in [-0.3, -0.25) is 19.3 Å². The van der Waals surface area contributed by atoms with Crippen molar-refractivity contribution in [1.29, 1.82) is 0 Å². The standard InChI is InChI=1S/C23H21N3O4S/c1-15-6-8-17(9-7-15)30-11-10-26-22(28)20(31-23(26)29)12-16-13-25(14-21(24)27)19-5-3-2-4-18(16)19/h2-9,12-13H,10-11,14H2,1H3,(H2,24,27)/b20-12-. The van der Waals surface area contributed by atoms with Crippen molar-refractivity contribution in [3.63, 3.8) is 0 Å². The number of primary amides is 1. The molecule has 0 spiro atoms. The third-order valence-corrected chi connectivity index (χ3v) is 5.82. The van der Waals surface area contributed by atoms with Gasteiger partial charge in [-0.2, -0.15) is 0 Å². The van der Waals surface area contributed by atoms with Crippen LogP contribution in [0.2, 0.25) is 0 Å². The highest BCUT2D eigenvalue weighted by Gasteiger charge is 2.35. The van der Waals surface area contributed by atoms with Gasteiger partial charge >= 0.3 is 0 Å². The topological polar surface area (TPSA) is 94.6 Å². The second kappa shape index (κ2) is 8.69. The lowest BCUT2D eigenvalue weighted by atomic mass is 10.1. The number of fused-ring (bicyclic) bond motifs is 1. The molecule has 0 aliphatic carbocycles. The van der Waals surface area contributed by atoms with Gasteiger partial charge in [-0.25, -0.2) is 0 Å². The first-order valence-electron chi connectivity index (χ1n) is 9.73. The van der Waals surface area contributed by atoms with Gasteiger partial charge in [0.2, 0.25) is 5.91 Å². The Labute approximate surface area is 183 Å². The summed E-state index contributed by atoms with van der Waals surface area (Å²) in [5.74, 6) is -0.120. The van der Waals surface area contributed by atoms with Crippen molar-refractivity contribution in [2.75, 3.05) is 13.2 Å². The van der Waals surface area contributed by atoms with Crippen LogP contribution < -0.4 is 10.5 Å². The largest absolute Gasteiger partial charge is 0.492 e. The van der Waals surface area contributed by atoms with Crippen LogP contribution in [-0.4, -0.2) is 39.7 Å². The van der Waals surface area contributed by atoms with Gasteiger partial charge in [-0.05, 0) is 43.0 Å². The number of benzene rings is 2. The molecule has 2 aromatic carbocycles. The van der Waals surface area contributed by atoms with E-state index in [1.54, 1.807) is 16.8 Å². The summed E-state index contributed by atoms with van der Waals surface area (Å²) in [7, 11) is 0. The SMILES string of the molecule is Cc1ccc(OCCN2C(=O)S/C(=C\c3cn(CC(N)=O)c4ccccc34)C2=O)cc1. The number of ether oxygens (including phenoxy) is 1. The summed E-state index contributed by atoms with van der Waals surface area (Å²) in [6, 6.07) is 15.1. The molecule has 0 bridgehead atoms. The van der Waals surface area contributed by atoms with Crippen LogP contribution in [0, 0.1) is 6.92 Å². The van der Waals surface area contributed by atoms with E-state index >= 15 is 0 Å². The Morgan fingerprint density at radius 1 is 1.13 bits per heavy atom. The zero-order chi connectivity index (χ0) is 22.0. The van der Waals surface area contributed by atoms with Crippen LogP contribution in [-0.2, 0) is 16.1 Å². The molecule has 2 N–H and O–H groups in total. The van der Waals surface area contributed by atoms with Crippen molar-refractivity contribution < 1.29 is 19.1 Å². The summed E-state index contributed by atoms with van der Waals surface area (Å²) in [5.41, 5.74) is 8.05. The van der Waals surface area contributed by atoms with Gasteiger partial charge in [0.15, 0.2) is 0 Å². The van der Waals surface area contributed by atoms with E-state index < -0.39 is 5.91 Å². The third-order valence-electron chi connectivity index (χ3n) is 4.91. The molecule has 0 unspecified atom stereocenters. The van der Waals surface area contributed by atoms with Crippen LogP contribution in [0.5, 0.6) is 5.75 Å². The molecular formula is C23H21N3O4S. The molecule has 8 heteroatoms. The van der Waals surface area contributed by atoms with Gasteiger partial charge in [0.05, 0.1) is 11.4 Å². The van der Waals surface area contributed by atoms with Crippen molar-refractivity contribution >= 4 is 45.8 Å². The number of hydrogen-bond donors (Lipinski definition) is 1. The molecule has 1 saturated heterocycles. The highest BCUT2D eigenvalue weighted by molar-refractivity contribution is 8.18. The van der Waals surface area contributed by atoms with E-state index in [0.717, 1.165) is 33.8 Å². The molecule has 158 valence electrons. The van der Waals surface area contributed by atoms with E-state index in [1.807, 2.05) is 55.5 Å². The summed E-state index contributed by atoms with van der Waals surface area (Å²) >= 11 is 0.899. The minimum atomic E-state index is -0.457. The highest BCUT2D eigenvalue weighted by Crippen LogP contribution is 2.34. The number of nitrogens with zero attached hydrogens (tertiary/aromatic N) is 2. The number of carbonyl (C=O) groups excluding carboxylic acids is 3. The van der Waals surface area contributed by atoms with Gasteiger partial charge in [0, 0.05) is 22.7 Å². The predicted molar refractivity (Wildman–Crippen MR) is 120 cm³/mol. The lowest BCUT2D eigenvalue weighted by Crippen LogP contribution is -2.32.